The number of rotatable bonds is 6. The zero-order chi connectivity index (χ0) is 21.1. The monoisotopic (exact) mass is 408 g/mol. The van der Waals surface area contributed by atoms with E-state index in [-0.39, 0.29) is 17.7 Å². The van der Waals surface area contributed by atoms with Crippen LogP contribution in [0, 0.1) is 11.8 Å². The number of fused-ring (bicyclic) bond motifs is 1. The van der Waals surface area contributed by atoms with E-state index >= 15 is 0 Å². The number of hydrazone groups is 1. The predicted octanol–water partition coefficient (Wildman–Crippen LogP) is 4.27. The van der Waals surface area contributed by atoms with E-state index in [0.29, 0.717) is 18.0 Å². The highest BCUT2D eigenvalue weighted by Crippen LogP contribution is 2.39. The first kappa shape index (κ1) is 20.3. The Balaban J connectivity index is 1.70. The molecule has 2 aromatic rings. The molecule has 0 spiro atoms. The topological polar surface area (TPSA) is 60.4 Å². The lowest BCUT2D eigenvalue weighted by atomic mass is 9.73. The van der Waals surface area contributed by atoms with Crippen LogP contribution >= 0.6 is 0 Å². The van der Waals surface area contributed by atoms with Gasteiger partial charge in [0.05, 0.1) is 33.6 Å². The molecule has 0 unspecified atom stereocenters. The number of nitrogens with zero attached hydrogens (tertiary/aromatic N) is 2. The molecule has 2 aliphatic rings. The zero-order valence-electron chi connectivity index (χ0n) is 17.8. The third-order valence-corrected chi connectivity index (χ3v) is 6.09. The van der Waals surface area contributed by atoms with E-state index in [2.05, 4.69) is 0 Å². The van der Waals surface area contributed by atoms with Gasteiger partial charge < -0.3 is 14.2 Å². The van der Waals surface area contributed by atoms with Gasteiger partial charge in [-0.2, -0.15) is 5.10 Å². The Hall–Kier alpha value is -3.02. The molecule has 2 atom stereocenters. The zero-order valence-corrected chi connectivity index (χ0v) is 17.8. The van der Waals surface area contributed by atoms with Crippen molar-refractivity contribution in [3.63, 3.8) is 0 Å². The molecule has 4 rings (SSSR count). The van der Waals surface area contributed by atoms with Gasteiger partial charge in [0.2, 0.25) is 5.91 Å². The second kappa shape index (κ2) is 8.78. The standard InChI is InChI=1S/C24H28N2O4/c1-28-18-11-8-16(9-12-18)15-26-24(27)20-7-5-4-6-19(20)23(25-26)17-10-13-21(29-2)22(14-17)30-3/h8-14,19-20H,4-7,15H2,1-3H3/t19-,20+/m0/s1. The van der Waals surface area contributed by atoms with Gasteiger partial charge in [-0.1, -0.05) is 25.0 Å². The summed E-state index contributed by atoms with van der Waals surface area (Å²) < 4.78 is 16.1. The van der Waals surface area contributed by atoms with Crippen molar-refractivity contribution in [2.24, 2.45) is 16.9 Å². The first-order valence-electron chi connectivity index (χ1n) is 10.4. The molecule has 0 saturated heterocycles. The summed E-state index contributed by atoms with van der Waals surface area (Å²) in [5.74, 6) is 2.41. The number of carbonyl (C=O) groups excluding carboxylic acids is 1. The lowest BCUT2D eigenvalue weighted by Gasteiger charge is -2.38. The summed E-state index contributed by atoms with van der Waals surface area (Å²) in [4.78, 5) is 13.2. The summed E-state index contributed by atoms with van der Waals surface area (Å²) in [5.41, 5.74) is 2.97. The van der Waals surface area contributed by atoms with Gasteiger partial charge >= 0.3 is 0 Å². The largest absolute Gasteiger partial charge is 0.497 e. The van der Waals surface area contributed by atoms with Gasteiger partial charge in [0.25, 0.3) is 0 Å². The quantitative estimate of drug-likeness (QED) is 0.716. The number of methoxy groups -OCH3 is 3. The minimum Gasteiger partial charge on any atom is -0.497 e. The predicted molar refractivity (Wildman–Crippen MR) is 115 cm³/mol. The van der Waals surface area contributed by atoms with E-state index in [4.69, 9.17) is 19.3 Å². The molecular weight excluding hydrogens is 380 g/mol. The van der Waals surface area contributed by atoms with Crippen LogP contribution in [0.2, 0.25) is 0 Å². The fraction of sp³-hybridized carbons (Fsp3) is 0.417. The molecule has 158 valence electrons. The van der Waals surface area contributed by atoms with Gasteiger partial charge in [-0.15, -0.1) is 0 Å². The Kier molecular flexibility index (Phi) is 5.93. The minimum atomic E-state index is -0.0161. The SMILES string of the molecule is COc1ccc(CN2N=C(c3ccc(OC)c(OC)c3)[C@H]3CCCC[C@H]3C2=O)cc1. The Morgan fingerprint density at radius 1 is 0.900 bits per heavy atom. The molecule has 6 nitrogen and oxygen atoms in total. The fourth-order valence-electron chi connectivity index (χ4n) is 4.48. The third kappa shape index (κ3) is 3.86. The van der Waals surface area contributed by atoms with Gasteiger partial charge in [0, 0.05) is 17.4 Å². The third-order valence-electron chi connectivity index (χ3n) is 6.09. The second-order valence-electron chi connectivity index (χ2n) is 7.80. The van der Waals surface area contributed by atoms with Crippen molar-refractivity contribution in [3.8, 4) is 17.2 Å². The summed E-state index contributed by atoms with van der Waals surface area (Å²) in [6, 6.07) is 13.6. The highest BCUT2D eigenvalue weighted by atomic mass is 16.5. The summed E-state index contributed by atoms with van der Waals surface area (Å²) in [6.07, 6.45) is 4.11. The number of carbonyl (C=O) groups is 1. The van der Waals surface area contributed by atoms with Crippen molar-refractivity contribution in [2.45, 2.75) is 32.2 Å². The van der Waals surface area contributed by atoms with Crippen LogP contribution in [0.3, 0.4) is 0 Å². The van der Waals surface area contributed by atoms with Crippen LogP contribution in [0.5, 0.6) is 17.2 Å². The van der Waals surface area contributed by atoms with E-state index in [9.17, 15) is 4.79 Å². The number of amides is 1. The lowest BCUT2D eigenvalue weighted by molar-refractivity contribution is -0.139. The van der Waals surface area contributed by atoms with Crippen LogP contribution in [-0.4, -0.2) is 38.0 Å². The maximum Gasteiger partial charge on any atom is 0.246 e. The van der Waals surface area contributed by atoms with Crippen molar-refractivity contribution >= 4 is 11.6 Å². The molecule has 0 aromatic heterocycles. The van der Waals surface area contributed by atoms with Gasteiger partial charge in [-0.25, -0.2) is 5.01 Å². The van der Waals surface area contributed by atoms with Crippen molar-refractivity contribution in [1.82, 2.24) is 5.01 Å². The second-order valence-corrected chi connectivity index (χ2v) is 7.80. The van der Waals surface area contributed by atoms with E-state index in [1.54, 1.807) is 26.3 Å². The molecule has 6 heteroatoms. The molecule has 1 aliphatic carbocycles. The molecular formula is C24H28N2O4. The van der Waals surface area contributed by atoms with Crippen molar-refractivity contribution < 1.29 is 19.0 Å². The summed E-state index contributed by atoms with van der Waals surface area (Å²) in [6.45, 7) is 0.447. The van der Waals surface area contributed by atoms with Gasteiger partial charge in [-0.3, -0.25) is 4.79 Å². The molecule has 0 bridgehead atoms. The smallest absolute Gasteiger partial charge is 0.246 e. The molecule has 1 amide bonds. The molecule has 30 heavy (non-hydrogen) atoms. The molecule has 1 heterocycles. The van der Waals surface area contributed by atoms with Crippen LogP contribution in [0.1, 0.15) is 36.8 Å². The van der Waals surface area contributed by atoms with Crippen LogP contribution < -0.4 is 14.2 Å². The van der Waals surface area contributed by atoms with E-state index < -0.39 is 0 Å². The van der Waals surface area contributed by atoms with E-state index in [0.717, 1.165) is 48.3 Å². The molecule has 1 aliphatic heterocycles. The van der Waals surface area contributed by atoms with Crippen LogP contribution in [0.25, 0.3) is 0 Å². The highest BCUT2D eigenvalue weighted by molar-refractivity contribution is 6.07. The first-order chi connectivity index (χ1) is 14.6. The Morgan fingerprint density at radius 2 is 1.60 bits per heavy atom. The Morgan fingerprint density at radius 3 is 2.27 bits per heavy atom. The highest BCUT2D eigenvalue weighted by Gasteiger charge is 2.41. The molecule has 1 saturated carbocycles. The maximum atomic E-state index is 13.2. The van der Waals surface area contributed by atoms with Crippen molar-refractivity contribution in [3.05, 3.63) is 53.6 Å². The molecule has 2 aromatic carbocycles. The van der Waals surface area contributed by atoms with Gasteiger partial charge in [0.1, 0.15) is 5.75 Å². The number of hydrogen-bond acceptors (Lipinski definition) is 5. The van der Waals surface area contributed by atoms with Gasteiger partial charge in [0.15, 0.2) is 11.5 Å². The molecule has 0 N–H and O–H groups in total. The summed E-state index contributed by atoms with van der Waals surface area (Å²) >= 11 is 0. The molecule has 0 radical (unpaired) electrons. The maximum absolute atomic E-state index is 13.2. The number of hydrogen-bond donors (Lipinski definition) is 0. The number of benzene rings is 2. The van der Waals surface area contributed by atoms with Crippen LogP contribution in [0.15, 0.2) is 47.6 Å². The normalized spacial score (nSPS) is 21.0. The fourth-order valence-corrected chi connectivity index (χ4v) is 4.48. The minimum absolute atomic E-state index is 0.0161. The summed E-state index contributed by atoms with van der Waals surface area (Å²) in [7, 11) is 4.90. The Bertz CT molecular complexity index is 939. The molecule has 1 fully saturated rings. The van der Waals surface area contributed by atoms with E-state index in [1.807, 2.05) is 42.5 Å². The average Bonchev–Trinajstić information content (AvgIpc) is 2.81. The average molecular weight is 408 g/mol. The van der Waals surface area contributed by atoms with Crippen LogP contribution in [-0.2, 0) is 11.3 Å². The van der Waals surface area contributed by atoms with Gasteiger partial charge in [-0.05, 0) is 48.7 Å². The summed E-state index contributed by atoms with van der Waals surface area (Å²) in [5, 5.41) is 6.50. The van der Waals surface area contributed by atoms with E-state index in [1.165, 1.54) is 0 Å². The van der Waals surface area contributed by atoms with Crippen molar-refractivity contribution in [1.29, 1.82) is 0 Å². The van der Waals surface area contributed by atoms with Crippen LogP contribution in [0.4, 0.5) is 0 Å². The lowest BCUT2D eigenvalue weighted by Crippen LogP contribution is -2.45. The number of ether oxygens (including phenoxy) is 3. The van der Waals surface area contributed by atoms with Crippen molar-refractivity contribution in [2.75, 3.05) is 21.3 Å². The Labute approximate surface area is 177 Å². The first-order valence-corrected chi connectivity index (χ1v) is 10.4.